The minimum absolute atomic E-state index is 0.0130. The lowest BCUT2D eigenvalue weighted by molar-refractivity contribution is 0.141. The second-order valence-corrected chi connectivity index (χ2v) is 3.31. The van der Waals surface area contributed by atoms with Crippen molar-refractivity contribution in [2.24, 2.45) is 0 Å². The fourth-order valence-electron chi connectivity index (χ4n) is 1.08. The van der Waals surface area contributed by atoms with Crippen LogP contribution in [0.1, 0.15) is 17.7 Å². The predicted molar refractivity (Wildman–Crippen MR) is 49.4 cm³/mol. The van der Waals surface area contributed by atoms with Gasteiger partial charge in [-0.2, -0.15) is 0 Å². The fourth-order valence-corrected chi connectivity index (χ4v) is 1.56. The highest BCUT2D eigenvalue weighted by molar-refractivity contribution is 9.10. The van der Waals surface area contributed by atoms with Crippen LogP contribution in [0.5, 0.6) is 5.75 Å². The van der Waals surface area contributed by atoms with Crippen LogP contribution in [0.4, 0.5) is 8.78 Å². The third-order valence-electron chi connectivity index (χ3n) is 1.68. The minimum atomic E-state index is -2.72. The number of pyridine rings is 1. The van der Waals surface area contributed by atoms with Crippen molar-refractivity contribution in [3.05, 3.63) is 21.9 Å². The van der Waals surface area contributed by atoms with Gasteiger partial charge in [0, 0.05) is 6.20 Å². The molecule has 0 amide bonds. The van der Waals surface area contributed by atoms with Crippen molar-refractivity contribution in [2.75, 3.05) is 7.11 Å². The molecular formula is C8H8BrF2NO2. The molecule has 0 atom stereocenters. The van der Waals surface area contributed by atoms with Gasteiger partial charge < -0.3 is 9.84 Å². The second kappa shape index (κ2) is 4.65. The zero-order valence-electron chi connectivity index (χ0n) is 7.30. The van der Waals surface area contributed by atoms with Gasteiger partial charge in [0.1, 0.15) is 5.75 Å². The molecule has 1 aromatic rings. The Bertz CT molecular complexity index is 333. The van der Waals surface area contributed by atoms with E-state index in [1.54, 1.807) is 0 Å². The molecule has 0 aliphatic rings. The van der Waals surface area contributed by atoms with Crippen LogP contribution in [-0.4, -0.2) is 17.2 Å². The van der Waals surface area contributed by atoms with E-state index in [9.17, 15) is 8.78 Å². The average molecular weight is 268 g/mol. The summed E-state index contributed by atoms with van der Waals surface area (Å²) in [6.45, 7) is -0.538. The second-order valence-electron chi connectivity index (χ2n) is 2.46. The summed E-state index contributed by atoms with van der Waals surface area (Å²) in [5.41, 5.74) is -0.440. The molecule has 0 spiro atoms. The summed E-state index contributed by atoms with van der Waals surface area (Å²) in [5, 5.41) is 8.81. The number of nitrogens with zero attached hydrogens (tertiary/aromatic N) is 1. The maximum Gasteiger partial charge on any atom is 0.269 e. The van der Waals surface area contributed by atoms with E-state index in [0.29, 0.717) is 4.47 Å². The van der Waals surface area contributed by atoms with Gasteiger partial charge in [-0.1, -0.05) is 0 Å². The zero-order chi connectivity index (χ0) is 10.7. The maximum absolute atomic E-state index is 12.6. The van der Waals surface area contributed by atoms with Gasteiger partial charge in [-0.05, 0) is 15.9 Å². The van der Waals surface area contributed by atoms with E-state index in [1.165, 1.54) is 13.3 Å². The number of hydrogen-bond donors (Lipinski definition) is 1. The van der Waals surface area contributed by atoms with Gasteiger partial charge in [0.15, 0.2) is 0 Å². The molecule has 0 saturated heterocycles. The van der Waals surface area contributed by atoms with E-state index in [4.69, 9.17) is 9.84 Å². The first-order valence-electron chi connectivity index (χ1n) is 3.72. The van der Waals surface area contributed by atoms with Gasteiger partial charge in [-0.15, -0.1) is 0 Å². The molecular weight excluding hydrogens is 260 g/mol. The minimum Gasteiger partial charge on any atom is -0.495 e. The largest absolute Gasteiger partial charge is 0.495 e. The normalized spacial score (nSPS) is 10.7. The van der Waals surface area contributed by atoms with Crippen LogP contribution in [0.2, 0.25) is 0 Å². The summed E-state index contributed by atoms with van der Waals surface area (Å²) in [6, 6.07) is 0. The van der Waals surface area contributed by atoms with Gasteiger partial charge in [0.2, 0.25) is 0 Å². The number of halogens is 3. The highest BCUT2D eigenvalue weighted by Crippen LogP contribution is 2.36. The van der Waals surface area contributed by atoms with Crippen LogP contribution in [0.25, 0.3) is 0 Å². The summed E-state index contributed by atoms with van der Waals surface area (Å²) < 4.78 is 30.3. The fraction of sp³-hybridized carbons (Fsp3) is 0.375. The van der Waals surface area contributed by atoms with Crippen LogP contribution >= 0.6 is 15.9 Å². The Kier molecular flexibility index (Phi) is 3.77. The number of alkyl halides is 2. The van der Waals surface area contributed by atoms with Crippen LogP contribution in [0.15, 0.2) is 10.7 Å². The Morgan fingerprint density at radius 3 is 2.71 bits per heavy atom. The number of aromatic nitrogens is 1. The molecule has 0 fully saturated rings. The molecule has 6 heteroatoms. The van der Waals surface area contributed by atoms with E-state index in [1.807, 2.05) is 0 Å². The van der Waals surface area contributed by atoms with Crippen molar-refractivity contribution in [1.82, 2.24) is 4.98 Å². The van der Waals surface area contributed by atoms with Crippen molar-refractivity contribution in [2.45, 2.75) is 13.0 Å². The standard InChI is InChI=1S/C8H8BrF2NO2/c1-14-7-4(9)2-12-5(3-13)6(7)8(10)11/h2,8,13H,3H2,1H3. The number of ether oxygens (including phenoxy) is 1. The lowest BCUT2D eigenvalue weighted by atomic mass is 10.2. The summed E-state index contributed by atoms with van der Waals surface area (Å²) in [4.78, 5) is 3.67. The Morgan fingerprint density at radius 2 is 2.29 bits per heavy atom. The molecule has 3 nitrogen and oxygen atoms in total. The van der Waals surface area contributed by atoms with Crippen molar-refractivity contribution in [1.29, 1.82) is 0 Å². The molecule has 78 valence electrons. The average Bonchev–Trinajstić information content (AvgIpc) is 2.17. The van der Waals surface area contributed by atoms with E-state index in [0.717, 1.165) is 0 Å². The monoisotopic (exact) mass is 267 g/mol. The topological polar surface area (TPSA) is 42.4 Å². The van der Waals surface area contributed by atoms with Gasteiger partial charge in [0.05, 0.1) is 29.4 Å². The SMILES string of the molecule is COc1c(Br)cnc(CO)c1C(F)F. The third-order valence-corrected chi connectivity index (χ3v) is 2.24. The predicted octanol–water partition coefficient (Wildman–Crippen LogP) is 2.28. The molecule has 0 bridgehead atoms. The van der Waals surface area contributed by atoms with Crippen LogP contribution < -0.4 is 4.74 Å². The number of aliphatic hydroxyl groups is 1. The van der Waals surface area contributed by atoms with Gasteiger partial charge >= 0.3 is 0 Å². The smallest absolute Gasteiger partial charge is 0.269 e. The van der Waals surface area contributed by atoms with Gasteiger partial charge in [-0.3, -0.25) is 4.98 Å². The summed E-state index contributed by atoms with van der Waals surface area (Å²) >= 11 is 3.04. The number of aliphatic hydroxyl groups excluding tert-OH is 1. The molecule has 0 radical (unpaired) electrons. The van der Waals surface area contributed by atoms with Crippen LogP contribution in [0, 0.1) is 0 Å². The van der Waals surface area contributed by atoms with Crippen molar-refractivity contribution in [3.8, 4) is 5.75 Å². The first-order chi connectivity index (χ1) is 6.61. The molecule has 0 unspecified atom stereocenters. The lowest BCUT2D eigenvalue weighted by Crippen LogP contribution is -2.02. The maximum atomic E-state index is 12.6. The summed E-state index contributed by atoms with van der Waals surface area (Å²) in [7, 11) is 1.28. The van der Waals surface area contributed by atoms with E-state index in [2.05, 4.69) is 20.9 Å². The Hall–Kier alpha value is -0.750. The third kappa shape index (κ3) is 2.01. The molecule has 1 N–H and O–H groups in total. The molecule has 0 aromatic carbocycles. The van der Waals surface area contributed by atoms with Crippen molar-refractivity contribution >= 4 is 15.9 Å². The molecule has 1 rings (SSSR count). The first kappa shape index (κ1) is 11.3. The summed E-state index contributed by atoms with van der Waals surface area (Å²) in [5.74, 6) is 0.0130. The number of rotatable bonds is 3. The quantitative estimate of drug-likeness (QED) is 0.914. The Labute approximate surface area is 87.9 Å². The first-order valence-corrected chi connectivity index (χ1v) is 4.51. The molecule has 1 aromatic heterocycles. The number of hydrogen-bond acceptors (Lipinski definition) is 3. The van der Waals surface area contributed by atoms with Gasteiger partial charge in [-0.25, -0.2) is 8.78 Å². The van der Waals surface area contributed by atoms with E-state index in [-0.39, 0.29) is 17.0 Å². The van der Waals surface area contributed by atoms with Crippen LogP contribution in [0.3, 0.4) is 0 Å². The number of methoxy groups -OCH3 is 1. The van der Waals surface area contributed by atoms with Crippen LogP contribution in [-0.2, 0) is 6.61 Å². The lowest BCUT2D eigenvalue weighted by Gasteiger charge is -2.12. The van der Waals surface area contributed by atoms with Crippen molar-refractivity contribution in [3.63, 3.8) is 0 Å². The summed E-state index contributed by atoms with van der Waals surface area (Å²) in [6.07, 6.45) is -1.41. The van der Waals surface area contributed by atoms with Crippen molar-refractivity contribution < 1.29 is 18.6 Å². The molecule has 14 heavy (non-hydrogen) atoms. The zero-order valence-corrected chi connectivity index (χ0v) is 8.88. The highest BCUT2D eigenvalue weighted by atomic mass is 79.9. The Morgan fingerprint density at radius 1 is 1.64 bits per heavy atom. The van der Waals surface area contributed by atoms with E-state index >= 15 is 0 Å². The Balaban J connectivity index is 3.36. The highest BCUT2D eigenvalue weighted by Gasteiger charge is 2.21. The molecule has 0 aliphatic carbocycles. The molecule has 0 saturated carbocycles. The molecule has 0 aliphatic heterocycles. The molecule has 1 heterocycles. The van der Waals surface area contributed by atoms with Gasteiger partial charge in [0.25, 0.3) is 6.43 Å². The van der Waals surface area contributed by atoms with E-state index < -0.39 is 13.0 Å².